The third kappa shape index (κ3) is 4.20. The average molecular weight is 344 g/mol. The molecule has 1 saturated heterocycles. The van der Waals surface area contributed by atoms with E-state index >= 15 is 0 Å². The minimum atomic E-state index is -0.775. The molecule has 1 aromatic heterocycles. The summed E-state index contributed by atoms with van der Waals surface area (Å²) >= 11 is 0. The van der Waals surface area contributed by atoms with E-state index in [1.54, 1.807) is 40.1 Å². The first-order chi connectivity index (χ1) is 11.7. The topological polar surface area (TPSA) is 92.9 Å². The van der Waals surface area contributed by atoms with Crippen molar-refractivity contribution in [3.8, 4) is 6.07 Å². The number of ether oxygens (including phenoxy) is 1. The summed E-state index contributed by atoms with van der Waals surface area (Å²) in [5.41, 5.74) is -0.0905. The number of aromatic nitrogens is 2. The molecule has 2 heterocycles. The smallest absolute Gasteiger partial charge is 0.414 e. The van der Waals surface area contributed by atoms with E-state index in [-0.39, 0.29) is 10.4 Å². The molecule has 1 atom stereocenters. The molecule has 7 nitrogen and oxygen atoms in total. The van der Waals surface area contributed by atoms with Gasteiger partial charge in [-0.05, 0) is 27.7 Å². The van der Waals surface area contributed by atoms with Crippen molar-refractivity contribution < 1.29 is 18.8 Å². The van der Waals surface area contributed by atoms with Crippen LogP contribution >= 0.6 is 0 Å². The van der Waals surface area contributed by atoms with E-state index in [0.717, 1.165) is 0 Å². The average Bonchev–Trinajstić information content (AvgIpc) is 2.56. The Morgan fingerprint density at radius 3 is 2.32 bits per heavy atom. The lowest BCUT2D eigenvalue weighted by atomic mass is 9.93. The number of amides is 1. The second-order valence-electron chi connectivity index (χ2n) is 7.45. The van der Waals surface area contributed by atoms with Gasteiger partial charge in [0.1, 0.15) is 17.5 Å². The van der Waals surface area contributed by atoms with Crippen LogP contribution in [-0.4, -0.2) is 45.5 Å². The monoisotopic (exact) mass is 344 g/mol. The first-order valence-electron chi connectivity index (χ1n) is 8.38. The van der Waals surface area contributed by atoms with E-state index in [2.05, 4.69) is 16.0 Å². The molecule has 0 aromatic carbocycles. The fourth-order valence-corrected chi connectivity index (χ4v) is 3.06. The van der Waals surface area contributed by atoms with Gasteiger partial charge in [-0.2, -0.15) is 10.1 Å². The van der Waals surface area contributed by atoms with E-state index in [1.807, 2.05) is 6.29 Å². The molecule has 1 aliphatic rings. The highest BCUT2D eigenvalue weighted by atomic mass is 16.6. The Bertz CT molecular complexity index is 665. The summed E-state index contributed by atoms with van der Waals surface area (Å²) in [6.07, 6.45) is 5.71. The zero-order valence-electron chi connectivity index (χ0n) is 15.2. The SMILES string of the molecule is Cc1ncc(C(C#N)[N+]2(C(=O)OC(C)(C)C)CCC([C]=O)CC2)cn1. The molecule has 0 N–H and O–H groups in total. The number of hydrogen-bond acceptors (Lipinski definition) is 6. The number of piperidine rings is 1. The van der Waals surface area contributed by atoms with Gasteiger partial charge in [0.05, 0.1) is 18.7 Å². The van der Waals surface area contributed by atoms with Crippen molar-refractivity contribution in [3.05, 3.63) is 23.8 Å². The molecule has 1 unspecified atom stereocenters. The Balaban J connectivity index is 2.42. The lowest BCUT2D eigenvalue weighted by Crippen LogP contribution is -2.60. The normalized spacial score (nSPS) is 24.8. The first kappa shape index (κ1) is 19.0. The Kier molecular flexibility index (Phi) is 5.53. The van der Waals surface area contributed by atoms with Crippen LogP contribution < -0.4 is 0 Å². The summed E-state index contributed by atoms with van der Waals surface area (Å²) in [6, 6.07) is 1.47. The van der Waals surface area contributed by atoms with Gasteiger partial charge in [-0.3, -0.25) is 4.79 Å². The summed E-state index contributed by atoms with van der Waals surface area (Å²) in [6.45, 7) is 7.84. The van der Waals surface area contributed by atoms with Crippen molar-refractivity contribution in [1.29, 1.82) is 5.26 Å². The number of nitrogens with zero attached hydrogens (tertiary/aromatic N) is 4. The Labute approximate surface area is 148 Å². The lowest BCUT2D eigenvalue weighted by Gasteiger charge is -2.42. The van der Waals surface area contributed by atoms with Gasteiger partial charge in [0.15, 0.2) is 0 Å². The largest absolute Gasteiger partial charge is 0.517 e. The number of nitriles is 1. The highest BCUT2D eigenvalue weighted by molar-refractivity contribution is 5.62. The van der Waals surface area contributed by atoms with Crippen LogP contribution in [0.5, 0.6) is 0 Å². The van der Waals surface area contributed by atoms with E-state index in [0.29, 0.717) is 37.3 Å². The summed E-state index contributed by atoms with van der Waals surface area (Å²) in [4.78, 5) is 32.3. The van der Waals surface area contributed by atoms with Gasteiger partial charge in [0.25, 0.3) is 0 Å². The summed E-state index contributed by atoms with van der Waals surface area (Å²) in [5.74, 6) is 0.390. The zero-order valence-corrected chi connectivity index (χ0v) is 15.2. The second-order valence-corrected chi connectivity index (χ2v) is 7.45. The number of rotatable bonds is 3. The van der Waals surface area contributed by atoms with E-state index < -0.39 is 17.7 Å². The zero-order chi connectivity index (χ0) is 18.7. The maximum absolute atomic E-state index is 13.0. The number of quaternary nitrogens is 1. The molecule has 0 spiro atoms. The molecule has 133 valence electrons. The van der Waals surface area contributed by atoms with Gasteiger partial charge in [-0.15, -0.1) is 0 Å². The van der Waals surface area contributed by atoms with Crippen LogP contribution in [0.4, 0.5) is 4.79 Å². The maximum atomic E-state index is 13.0. The van der Waals surface area contributed by atoms with Crippen LogP contribution in [0.3, 0.4) is 0 Å². The summed E-state index contributed by atoms with van der Waals surface area (Å²) < 4.78 is 5.45. The van der Waals surface area contributed by atoms with Crippen LogP contribution in [0, 0.1) is 24.2 Å². The van der Waals surface area contributed by atoms with Crippen molar-refractivity contribution in [2.24, 2.45) is 5.92 Å². The molecule has 0 bridgehead atoms. The van der Waals surface area contributed by atoms with Crippen LogP contribution in [0.2, 0.25) is 0 Å². The summed E-state index contributed by atoms with van der Waals surface area (Å²) in [5, 5.41) is 9.83. The summed E-state index contributed by atoms with van der Waals surface area (Å²) in [7, 11) is 0. The van der Waals surface area contributed by atoms with Gasteiger partial charge in [-0.1, -0.05) is 0 Å². The standard InChI is InChI=1S/C18H24N4O3/c1-13-20-10-15(11-21-13)16(9-19)22(17(24)25-18(2,3)4)7-5-14(12-23)6-8-22/h10-11,14,16H,5-8H2,1-4H3/q+1. The molecule has 1 fully saturated rings. The second kappa shape index (κ2) is 7.28. The van der Waals surface area contributed by atoms with Crippen molar-refractivity contribution in [1.82, 2.24) is 9.97 Å². The number of carbonyl (C=O) groups excluding carboxylic acids is 2. The number of hydrogen-bond donors (Lipinski definition) is 0. The van der Waals surface area contributed by atoms with Crippen LogP contribution in [0.15, 0.2) is 12.4 Å². The van der Waals surface area contributed by atoms with Crippen LogP contribution in [0.25, 0.3) is 0 Å². The molecule has 0 aliphatic carbocycles. The fraction of sp³-hybridized carbons (Fsp3) is 0.611. The highest BCUT2D eigenvalue weighted by Gasteiger charge is 2.51. The molecule has 1 aromatic rings. The molecule has 2 rings (SSSR count). The van der Waals surface area contributed by atoms with Gasteiger partial charge >= 0.3 is 6.09 Å². The molecule has 1 amide bonds. The molecule has 7 heteroatoms. The van der Waals surface area contributed by atoms with Crippen LogP contribution in [0.1, 0.15) is 51.0 Å². The van der Waals surface area contributed by atoms with E-state index in [4.69, 9.17) is 4.74 Å². The molecule has 25 heavy (non-hydrogen) atoms. The molecule has 1 radical (unpaired) electrons. The Morgan fingerprint density at radius 1 is 1.32 bits per heavy atom. The number of likely N-dealkylation sites (tertiary alicyclic amines) is 1. The van der Waals surface area contributed by atoms with Crippen molar-refractivity contribution in [3.63, 3.8) is 0 Å². The van der Waals surface area contributed by atoms with Gasteiger partial charge < -0.3 is 4.74 Å². The molecular formula is C18H24N4O3+. The number of carbonyl (C=O) groups is 1. The third-order valence-electron chi connectivity index (χ3n) is 4.41. The molecular weight excluding hydrogens is 320 g/mol. The van der Waals surface area contributed by atoms with Gasteiger partial charge in [0, 0.05) is 31.2 Å². The fourth-order valence-electron chi connectivity index (χ4n) is 3.06. The minimum Gasteiger partial charge on any atom is -0.414 e. The van der Waals surface area contributed by atoms with Crippen molar-refractivity contribution in [2.75, 3.05) is 13.1 Å². The predicted octanol–water partition coefficient (Wildman–Crippen LogP) is 2.62. The van der Waals surface area contributed by atoms with E-state index in [9.17, 15) is 14.9 Å². The Hall–Kier alpha value is -2.33. The van der Waals surface area contributed by atoms with Crippen LogP contribution in [-0.2, 0) is 9.53 Å². The minimum absolute atomic E-state index is 0.168. The quantitative estimate of drug-likeness (QED) is 0.783. The maximum Gasteiger partial charge on any atom is 0.517 e. The van der Waals surface area contributed by atoms with Gasteiger partial charge in [-0.25, -0.2) is 14.5 Å². The lowest BCUT2D eigenvalue weighted by molar-refractivity contribution is -0.886. The Morgan fingerprint density at radius 2 is 1.88 bits per heavy atom. The number of aryl methyl sites for hydroxylation is 1. The third-order valence-corrected chi connectivity index (χ3v) is 4.41. The predicted molar refractivity (Wildman–Crippen MR) is 89.8 cm³/mol. The molecule has 0 saturated carbocycles. The van der Waals surface area contributed by atoms with Crippen molar-refractivity contribution in [2.45, 2.75) is 52.2 Å². The molecule has 1 aliphatic heterocycles. The van der Waals surface area contributed by atoms with Crippen molar-refractivity contribution >= 4 is 12.4 Å². The van der Waals surface area contributed by atoms with Gasteiger partial charge in [0.2, 0.25) is 12.3 Å². The highest BCUT2D eigenvalue weighted by Crippen LogP contribution is 2.36. The van der Waals surface area contributed by atoms with E-state index in [1.165, 1.54) is 0 Å². The first-order valence-corrected chi connectivity index (χ1v) is 8.38.